The van der Waals surface area contributed by atoms with Crippen LogP contribution in [0.4, 0.5) is 13.2 Å². The number of nitrogens with zero attached hydrogens (tertiary/aromatic N) is 2. The van der Waals surface area contributed by atoms with Gasteiger partial charge in [0.2, 0.25) is 0 Å². The van der Waals surface area contributed by atoms with E-state index in [0.29, 0.717) is 38.4 Å². The Morgan fingerprint density at radius 2 is 2.08 bits per heavy atom. The van der Waals surface area contributed by atoms with Gasteiger partial charge in [0.05, 0.1) is 19.2 Å². The molecule has 1 aliphatic heterocycles. The van der Waals surface area contributed by atoms with Crippen molar-refractivity contribution in [3.63, 3.8) is 0 Å². The first kappa shape index (κ1) is 20.5. The number of alkyl halides is 3. The first-order valence-corrected chi connectivity index (χ1v) is 8.91. The Labute approximate surface area is 152 Å². The van der Waals surface area contributed by atoms with E-state index in [2.05, 4.69) is 15.6 Å². The van der Waals surface area contributed by atoms with Crippen LogP contribution in [0.15, 0.2) is 35.3 Å². The molecule has 1 saturated heterocycles. The van der Waals surface area contributed by atoms with Crippen molar-refractivity contribution < 1.29 is 18.3 Å². The van der Waals surface area contributed by atoms with E-state index in [4.69, 9.17) is 0 Å². The van der Waals surface area contributed by atoms with Gasteiger partial charge in [0.15, 0.2) is 5.96 Å². The summed E-state index contributed by atoms with van der Waals surface area (Å²) in [5.41, 5.74) is 1.03. The van der Waals surface area contributed by atoms with Crippen LogP contribution in [-0.4, -0.2) is 67.0 Å². The van der Waals surface area contributed by atoms with Crippen LogP contribution in [0.2, 0.25) is 0 Å². The Morgan fingerprint density at radius 1 is 1.35 bits per heavy atom. The number of aliphatic hydroxyl groups is 1. The van der Waals surface area contributed by atoms with Crippen LogP contribution in [0.3, 0.4) is 0 Å². The zero-order valence-electron chi connectivity index (χ0n) is 15.0. The first-order valence-electron chi connectivity index (χ1n) is 8.91. The highest BCUT2D eigenvalue weighted by Crippen LogP contribution is 2.19. The number of guanidine groups is 1. The molecule has 1 aromatic rings. The van der Waals surface area contributed by atoms with E-state index < -0.39 is 18.8 Å². The molecular weight excluding hydrogens is 345 g/mol. The van der Waals surface area contributed by atoms with Crippen LogP contribution < -0.4 is 10.6 Å². The summed E-state index contributed by atoms with van der Waals surface area (Å²) in [6.07, 6.45) is -3.65. The number of hydrogen-bond donors (Lipinski definition) is 3. The van der Waals surface area contributed by atoms with Crippen LogP contribution >= 0.6 is 0 Å². The average molecular weight is 372 g/mol. The van der Waals surface area contributed by atoms with Crippen molar-refractivity contribution in [3.8, 4) is 0 Å². The predicted molar refractivity (Wildman–Crippen MR) is 96.2 cm³/mol. The van der Waals surface area contributed by atoms with Crippen molar-refractivity contribution in [3.05, 3.63) is 35.9 Å². The van der Waals surface area contributed by atoms with E-state index in [-0.39, 0.29) is 12.6 Å². The molecule has 146 valence electrons. The summed E-state index contributed by atoms with van der Waals surface area (Å²) in [5.74, 6) is 0.526. The molecule has 1 aliphatic rings. The van der Waals surface area contributed by atoms with E-state index in [1.165, 1.54) is 4.90 Å². The SMILES string of the molecule is CCNC(=NCC(O)Cc1ccccc1)NC1CCN(CC(F)(F)F)C1. The molecule has 1 fully saturated rings. The highest BCUT2D eigenvalue weighted by atomic mass is 19.4. The van der Waals surface area contributed by atoms with Crippen LogP contribution in [0, 0.1) is 0 Å². The monoisotopic (exact) mass is 372 g/mol. The maximum absolute atomic E-state index is 12.5. The fraction of sp³-hybridized carbons (Fsp3) is 0.611. The zero-order chi connectivity index (χ0) is 19.0. The Hall–Kier alpha value is -1.80. The molecule has 1 aromatic carbocycles. The molecule has 0 radical (unpaired) electrons. The summed E-state index contributed by atoms with van der Waals surface area (Å²) in [5, 5.41) is 16.4. The molecule has 1 heterocycles. The zero-order valence-corrected chi connectivity index (χ0v) is 15.0. The molecule has 26 heavy (non-hydrogen) atoms. The minimum absolute atomic E-state index is 0.0820. The fourth-order valence-corrected chi connectivity index (χ4v) is 3.01. The summed E-state index contributed by atoms with van der Waals surface area (Å²) in [6, 6.07) is 9.58. The third kappa shape index (κ3) is 7.61. The second kappa shape index (κ2) is 9.78. The topological polar surface area (TPSA) is 59.9 Å². The maximum atomic E-state index is 12.5. The highest BCUT2D eigenvalue weighted by Gasteiger charge is 2.34. The normalized spacial score (nSPS) is 20.2. The summed E-state index contributed by atoms with van der Waals surface area (Å²) in [7, 11) is 0. The molecule has 3 N–H and O–H groups in total. The maximum Gasteiger partial charge on any atom is 0.401 e. The molecule has 2 atom stereocenters. The van der Waals surface area contributed by atoms with Gasteiger partial charge in [-0.1, -0.05) is 30.3 Å². The number of halogens is 3. The van der Waals surface area contributed by atoms with Gasteiger partial charge >= 0.3 is 6.18 Å². The predicted octanol–water partition coefficient (Wildman–Crippen LogP) is 1.78. The largest absolute Gasteiger partial charge is 0.401 e. The van der Waals surface area contributed by atoms with E-state index in [1.54, 1.807) is 0 Å². The molecule has 0 spiro atoms. The molecule has 2 rings (SSSR count). The lowest BCUT2D eigenvalue weighted by Gasteiger charge is -2.20. The number of hydrogen-bond acceptors (Lipinski definition) is 3. The summed E-state index contributed by atoms with van der Waals surface area (Å²) in [4.78, 5) is 5.77. The molecule has 0 aromatic heterocycles. The van der Waals surface area contributed by atoms with Gasteiger partial charge in [-0.25, -0.2) is 0 Å². The number of aliphatic imine (C=N–C) groups is 1. The highest BCUT2D eigenvalue weighted by molar-refractivity contribution is 5.80. The molecule has 5 nitrogen and oxygen atoms in total. The summed E-state index contributed by atoms with van der Waals surface area (Å²) < 4.78 is 37.4. The molecule has 0 bridgehead atoms. The van der Waals surface area contributed by atoms with Crippen molar-refractivity contribution in [2.75, 3.05) is 32.7 Å². The Morgan fingerprint density at radius 3 is 2.73 bits per heavy atom. The Kier molecular flexibility index (Phi) is 7.71. The van der Waals surface area contributed by atoms with Gasteiger partial charge in [-0.05, 0) is 18.9 Å². The van der Waals surface area contributed by atoms with Gasteiger partial charge in [-0.3, -0.25) is 9.89 Å². The van der Waals surface area contributed by atoms with Crippen LogP contribution in [0.1, 0.15) is 18.9 Å². The van der Waals surface area contributed by atoms with Crippen LogP contribution in [0.25, 0.3) is 0 Å². The second-order valence-electron chi connectivity index (χ2n) is 6.54. The van der Waals surface area contributed by atoms with E-state index in [9.17, 15) is 18.3 Å². The van der Waals surface area contributed by atoms with Gasteiger partial charge in [-0.2, -0.15) is 13.2 Å². The minimum atomic E-state index is -4.17. The van der Waals surface area contributed by atoms with Crippen molar-refractivity contribution in [1.82, 2.24) is 15.5 Å². The lowest BCUT2D eigenvalue weighted by Crippen LogP contribution is -2.45. The quantitative estimate of drug-likeness (QED) is 0.505. The van der Waals surface area contributed by atoms with E-state index in [0.717, 1.165) is 5.56 Å². The van der Waals surface area contributed by atoms with Gasteiger partial charge in [-0.15, -0.1) is 0 Å². The van der Waals surface area contributed by atoms with Crippen LogP contribution in [-0.2, 0) is 6.42 Å². The molecular formula is C18H27F3N4O. The number of likely N-dealkylation sites (tertiary alicyclic amines) is 1. The Balaban J connectivity index is 1.83. The Bertz CT molecular complexity index is 565. The van der Waals surface area contributed by atoms with Gasteiger partial charge in [0.1, 0.15) is 0 Å². The third-order valence-corrected chi connectivity index (χ3v) is 4.13. The summed E-state index contributed by atoms with van der Waals surface area (Å²) in [6.45, 7) is 2.64. The minimum Gasteiger partial charge on any atom is -0.391 e. The smallest absolute Gasteiger partial charge is 0.391 e. The first-order chi connectivity index (χ1) is 12.4. The lowest BCUT2D eigenvalue weighted by atomic mass is 10.1. The number of benzene rings is 1. The second-order valence-corrected chi connectivity index (χ2v) is 6.54. The third-order valence-electron chi connectivity index (χ3n) is 4.13. The van der Waals surface area contributed by atoms with E-state index >= 15 is 0 Å². The van der Waals surface area contributed by atoms with Crippen LogP contribution in [0.5, 0.6) is 0 Å². The number of aliphatic hydroxyl groups excluding tert-OH is 1. The molecule has 8 heteroatoms. The summed E-state index contributed by atoms with van der Waals surface area (Å²) >= 11 is 0. The molecule has 0 saturated carbocycles. The van der Waals surface area contributed by atoms with Crippen molar-refractivity contribution in [2.45, 2.75) is 38.1 Å². The van der Waals surface area contributed by atoms with Crippen molar-refractivity contribution in [2.24, 2.45) is 4.99 Å². The lowest BCUT2D eigenvalue weighted by molar-refractivity contribution is -0.143. The van der Waals surface area contributed by atoms with Gasteiger partial charge in [0, 0.05) is 32.1 Å². The van der Waals surface area contributed by atoms with Crippen molar-refractivity contribution >= 4 is 5.96 Å². The average Bonchev–Trinajstić information content (AvgIpc) is 2.99. The van der Waals surface area contributed by atoms with E-state index in [1.807, 2.05) is 37.3 Å². The molecule has 2 unspecified atom stereocenters. The number of nitrogens with one attached hydrogen (secondary N) is 2. The number of rotatable bonds is 7. The standard InChI is InChI=1S/C18H27F3N4O/c1-2-22-17(23-11-16(26)10-14-6-4-3-5-7-14)24-15-8-9-25(12-15)13-18(19,20)21/h3-7,15-16,26H,2,8-13H2,1H3,(H2,22,23,24). The van der Waals surface area contributed by atoms with Crippen molar-refractivity contribution in [1.29, 1.82) is 0 Å². The fourth-order valence-electron chi connectivity index (χ4n) is 3.01. The van der Waals surface area contributed by atoms with Gasteiger partial charge in [0.25, 0.3) is 0 Å². The van der Waals surface area contributed by atoms with Gasteiger partial charge < -0.3 is 15.7 Å². The molecule has 0 aliphatic carbocycles. The molecule has 0 amide bonds.